The number of carbonyl (C=O) groups excluding carboxylic acids is 1. The second-order valence-electron chi connectivity index (χ2n) is 3.06. The molecule has 15 heavy (non-hydrogen) atoms. The van der Waals surface area contributed by atoms with Crippen LogP contribution in [0.1, 0.15) is 27.0 Å². The zero-order valence-electron chi connectivity index (χ0n) is 8.50. The first kappa shape index (κ1) is 11.5. The first-order valence-electron chi connectivity index (χ1n) is 4.32. The number of ether oxygens (including phenoxy) is 1. The molecule has 1 rings (SSSR count). The molecule has 0 spiro atoms. The largest absolute Gasteiger partial charge is 0.465 e. The first-order valence-corrected chi connectivity index (χ1v) is 4.85. The van der Waals surface area contributed by atoms with Crippen LogP contribution in [-0.2, 0) is 10.6 Å². The maximum absolute atomic E-state index is 11.4. The van der Waals surface area contributed by atoms with Crippen molar-refractivity contribution in [2.45, 2.75) is 12.8 Å². The molecule has 1 aromatic carbocycles. The van der Waals surface area contributed by atoms with Crippen LogP contribution in [0.25, 0.3) is 0 Å². The average molecular weight is 224 g/mol. The van der Waals surface area contributed by atoms with E-state index in [0.29, 0.717) is 16.7 Å². The molecule has 0 saturated heterocycles. The number of esters is 1. The standard InChI is InChI=1S/C11H10ClNO2/c1-7-3-8(5-12)10(11(14)15-2)4-9(7)6-13/h3-4H,5H2,1-2H3. The van der Waals surface area contributed by atoms with Gasteiger partial charge in [-0.15, -0.1) is 11.6 Å². The smallest absolute Gasteiger partial charge is 0.338 e. The Balaban J connectivity index is 3.36. The minimum atomic E-state index is -0.470. The number of rotatable bonds is 2. The summed E-state index contributed by atoms with van der Waals surface area (Å²) in [7, 11) is 1.30. The molecule has 0 saturated carbocycles. The van der Waals surface area contributed by atoms with Gasteiger partial charge in [0.15, 0.2) is 0 Å². The van der Waals surface area contributed by atoms with Gasteiger partial charge >= 0.3 is 5.97 Å². The van der Waals surface area contributed by atoms with Crippen LogP contribution in [0.4, 0.5) is 0 Å². The number of alkyl halides is 1. The Labute approximate surface area is 93.2 Å². The normalized spacial score (nSPS) is 9.47. The summed E-state index contributed by atoms with van der Waals surface area (Å²) in [6.45, 7) is 1.80. The number of aryl methyl sites for hydroxylation is 1. The Morgan fingerprint density at radius 2 is 2.27 bits per heavy atom. The van der Waals surface area contributed by atoms with Crippen molar-refractivity contribution in [3.8, 4) is 6.07 Å². The summed E-state index contributed by atoms with van der Waals surface area (Å²) in [5, 5.41) is 8.83. The minimum Gasteiger partial charge on any atom is -0.465 e. The predicted octanol–water partition coefficient (Wildman–Crippen LogP) is 2.39. The van der Waals surface area contributed by atoms with Crippen LogP contribution in [0, 0.1) is 18.3 Å². The van der Waals surface area contributed by atoms with Crippen molar-refractivity contribution in [3.63, 3.8) is 0 Å². The second-order valence-corrected chi connectivity index (χ2v) is 3.33. The highest BCUT2D eigenvalue weighted by Crippen LogP contribution is 2.18. The van der Waals surface area contributed by atoms with Gasteiger partial charge in [-0.1, -0.05) is 6.07 Å². The van der Waals surface area contributed by atoms with Gasteiger partial charge in [-0.05, 0) is 24.1 Å². The maximum Gasteiger partial charge on any atom is 0.338 e. The van der Waals surface area contributed by atoms with Crippen LogP contribution in [-0.4, -0.2) is 13.1 Å². The molecule has 0 aromatic heterocycles. The fourth-order valence-corrected chi connectivity index (χ4v) is 1.52. The molecule has 0 N–H and O–H groups in total. The molecule has 3 nitrogen and oxygen atoms in total. The van der Waals surface area contributed by atoms with Gasteiger partial charge in [0.1, 0.15) is 0 Å². The van der Waals surface area contributed by atoms with Crippen LogP contribution in [0.3, 0.4) is 0 Å². The summed E-state index contributed by atoms with van der Waals surface area (Å²) >= 11 is 5.71. The molecule has 0 aliphatic heterocycles. The number of benzene rings is 1. The quantitative estimate of drug-likeness (QED) is 0.571. The Bertz CT molecular complexity index is 435. The summed E-state index contributed by atoms with van der Waals surface area (Å²) in [6, 6.07) is 5.26. The lowest BCUT2D eigenvalue weighted by atomic mass is 10.0. The Morgan fingerprint density at radius 3 is 2.73 bits per heavy atom. The molecule has 0 atom stereocenters. The van der Waals surface area contributed by atoms with E-state index < -0.39 is 5.97 Å². The highest BCUT2D eigenvalue weighted by molar-refractivity contribution is 6.17. The third-order valence-electron chi connectivity index (χ3n) is 2.12. The third kappa shape index (κ3) is 2.28. The van der Waals surface area contributed by atoms with Crippen molar-refractivity contribution in [3.05, 3.63) is 34.4 Å². The molecule has 0 amide bonds. The monoisotopic (exact) mass is 223 g/mol. The van der Waals surface area contributed by atoms with E-state index in [1.807, 2.05) is 6.07 Å². The number of halogens is 1. The number of nitrogens with zero attached hydrogens (tertiary/aromatic N) is 1. The molecular weight excluding hydrogens is 214 g/mol. The Morgan fingerprint density at radius 1 is 1.60 bits per heavy atom. The van der Waals surface area contributed by atoms with E-state index in [0.717, 1.165) is 5.56 Å². The van der Waals surface area contributed by atoms with Gasteiger partial charge in [-0.25, -0.2) is 4.79 Å². The van der Waals surface area contributed by atoms with E-state index in [1.165, 1.54) is 13.2 Å². The van der Waals surface area contributed by atoms with E-state index in [-0.39, 0.29) is 5.88 Å². The van der Waals surface area contributed by atoms with Crippen molar-refractivity contribution in [1.29, 1.82) is 5.26 Å². The van der Waals surface area contributed by atoms with Crippen molar-refractivity contribution < 1.29 is 9.53 Å². The first-order chi connectivity index (χ1) is 7.13. The van der Waals surface area contributed by atoms with Crippen LogP contribution in [0.2, 0.25) is 0 Å². The van der Waals surface area contributed by atoms with Gasteiger partial charge in [0.2, 0.25) is 0 Å². The predicted molar refractivity (Wildman–Crippen MR) is 56.8 cm³/mol. The SMILES string of the molecule is COC(=O)c1cc(C#N)c(C)cc1CCl. The summed E-state index contributed by atoms with van der Waals surface area (Å²) in [5.74, 6) is -0.251. The minimum absolute atomic E-state index is 0.219. The summed E-state index contributed by atoms with van der Waals surface area (Å²) < 4.78 is 4.61. The van der Waals surface area contributed by atoms with Crippen molar-refractivity contribution >= 4 is 17.6 Å². The van der Waals surface area contributed by atoms with Crippen molar-refractivity contribution in [1.82, 2.24) is 0 Å². The number of methoxy groups -OCH3 is 1. The molecule has 4 heteroatoms. The van der Waals surface area contributed by atoms with E-state index in [1.54, 1.807) is 13.0 Å². The zero-order valence-corrected chi connectivity index (χ0v) is 9.26. The molecule has 0 aliphatic carbocycles. The topological polar surface area (TPSA) is 50.1 Å². The molecule has 78 valence electrons. The van der Waals surface area contributed by atoms with Crippen LogP contribution >= 0.6 is 11.6 Å². The number of hydrogen-bond acceptors (Lipinski definition) is 3. The van der Waals surface area contributed by atoms with Gasteiger partial charge in [0.05, 0.1) is 24.3 Å². The summed E-state index contributed by atoms with van der Waals surface area (Å²) in [5.41, 5.74) is 2.31. The fraction of sp³-hybridized carbons (Fsp3) is 0.273. The molecule has 0 heterocycles. The fourth-order valence-electron chi connectivity index (χ4n) is 1.30. The van der Waals surface area contributed by atoms with Crippen LogP contribution in [0.15, 0.2) is 12.1 Å². The zero-order chi connectivity index (χ0) is 11.4. The van der Waals surface area contributed by atoms with E-state index in [2.05, 4.69) is 4.74 Å². The van der Waals surface area contributed by atoms with E-state index >= 15 is 0 Å². The van der Waals surface area contributed by atoms with E-state index in [9.17, 15) is 4.79 Å². The lowest BCUT2D eigenvalue weighted by molar-refractivity contribution is 0.0599. The molecule has 0 radical (unpaired) electrons. The summed E-state index contributed by atoms with van der Waals surface area (Å²) in [6.07, 6.45) is 0. The Hall–Kier alpha value is -1.53. The van der Waals surface area contributed by atoms with Gasteiger partial charge in [-0.3, -0.25) is 0 Å². The summed E-state index contributed by atoms with van der Waals surface area (Å²) in [4.78, 5) is 11.4. The third-order valence-corrected chi connectivity index (χ3v) is 2.41. The van der Waals surface area contributed by atoms with Gasteiger partial charge in [0.25, 0.3) is 0 Å². The average Bonchev–Trinajstić information content (AvgIpc) is 2.27. The van der Waals surface area contributed by atoms with Crippen LogP contribution < -0.4 is 0 Å². The van der Waals surface area contributed by atoms with Crippen molar-refractivity contribution in [2.75, 3.05) is 7.11 Å². The molecule has 0 fully saturated rings. The van der Waals surface area contributed by atoms with Crippen LogP contribution in [0.5, 0.6) is 0 Å². The van der Waals surface area contributed by atoms with E-state index in [4.69, 9.17) is 16.9 Å². The van der Waals surface area contributed by atoms with Gasteiger partial charge in [0, 0.05) is 5.88 Å². The maximum atomic E-state index is 11.4. The number of carbonyl (C=O) groups is 1. The van der Waals surface area contributed by atoms with Gasteiger partial charge < -0.3 is 4.74 Å². The molecule has 0 unspecified atom stereocenters. The lowest BCUT2D eigenvalue weighted by Crippen LogP contribution is -2.06. The highest BCUT2D eigenvalue weighted by Gasteiger charge is 2.13. The second kappa shape index (κ2) is 4.81. The molecule has 0 aliphatic rings. The van der Waals surface area contributed by atoms with Crippen molar-refractivity contribution in [2.24, 2.45) is 0 Å². The molecular formula is C11H10ClNO2. The Kier molecular flexibility index (Phi) is 3.70. The number of nitriles is 1. The number of hydrogen-bond donors (Lipinski definition) is 0. The molecule has 0 bridgehead atoms. The molecule has 1 aromatic rings. The van der Waals surface area contributed by atoms with Gasteiger partial charge in [-0.2, -0.15) is 5.26 Å². The lowest BCUT2D eigenvalue weighted by Gasteiger charge is -2.07. The highest BCUT2D eigenvalue weighted by atomic mass is 35.5.